The SMILES string of the molecule is COc1ccc(OC)c(N(CC(=O)N(Cc2ccc(Cl)cc2)[C@@H](C)C(=O)NCC(C)C)S(C)(=O)=O)c1. The van der Waals surface area contributed by atoms with Crippen molar-refractivity contribution in [3.8, 4) is 11.5 Å². The Hall–Kier alpha value is -2.98. The second kappa shape index (κ2) is 12.8. The van der Waals surface area contributed by atoms with E-state index >= 15 is 0 Å². The van der Waals surface area contributed by atoms with Gasteiger partial charge < -0.3 is 19.7 Å². The molecular weight excluding hydrogens is 506 g/mol. The molecule has 0 heterocycles. The first-order valence-corrected chi connectivity index (χ1v) is 13.6. The second-order valence-electron chi connectivity index (χ2n) is 8.77. The third-order valence-corrected chi connectivity index (χ3v) is 6.83. The fraction of sp³-hybridized carbons (Fsp3) is 0.440. The summed E-state index contributed by atoms with van der Waals surface area (Å²) in [7, 11) is -1.06. The first-order valence-electron chi connectivity index (χ1n) is 11.4. The highest BCUT2D eigenvalue weighted by molar-refractivity contribution is 7.92. The van der Waals surface area contributed by atoms with Gasteiger partial charge in [-0.3, -0.25) is 13.9 Å². The fourth-order valence-corrected chi connectivity index (χ4v) is 4.38. The molecule has 0 saturated heterocycles. The van der Waals surface area contributed by atoms with Crippen LogP contribution in [0.3, 0.4) is 0 Å². The Labute approximate surface area is 218 Å². The Balaban J connectivity index is 2.45. The Kier molecular flexibility index (Phi) is 10.4. The normalized spacial score (nSPS) is 12.1. The van der Waals surface area contributed by atoms with Gasteiger partial charge in [0, 0.05) is 24.2 Å². The number of ether oxygens (including phenoxy) is 2. The quantitative estimate of drug-likeness (QED) is 0.443. The lowest BCUT2D eigenvalue weighted by atomic mass is 10.1. The van der Waals surface area contributed by atoms with E-state index in [2.05, 4.69) is 5.32 Å². The van der Waals surface area contributed by atoms with E-state index in [1.807, 2.05) is 13.8 Å². The summed E-state index contributed by atoms with van der Waals surface area (Å²) in [6.45, 7) is 5.53. The highest BCUT2D eigenvalue weighted by atomic mass is 35.5. The van der Waals surface area contributed by atoms with Gasteiger partial charge in [-0.1, -0.05) is 37.6 Å². The molecule has 2 aromatic rings. The van der Waals surface area contributed by atoms with Gasteiger partial charge in [0.25, 0.3) is 0 Å². The highest BCUT2D eigenvalue weighted by Crippen LogP contribution is 2.34. The van der Waals surface area contributed by atoms with Crippen LogP contribution in [0.4, 0.5) is 5.69 Å². The third-order valence-electron chi connectivity index (χ3n) is 5.45. The van der Waals surface area contributed by atoms with Crippen LogP contribution in [0.2, 0.25) is 5.02 Å². The van der Waals surface area contributed by atoms with E-state index in [1.54, 1.807) is 43.3 Å². The van der Waals surface area contributed by atoms with Crippen molar-refractivity contribution in [2.75, 3.05) is 37.9 Å². The molecule has 2 aromatic carbocycles. The van der Waals surface area contributed by atoms with Crippen molar-refractivity contribution in [3.63, 3.8) is 0 Å². The van der Waals surface area contributed by atoms with Crippen LogP contribution >= 0.6 is 11.6 Å². The molecule has 0 radical (unpaired) electrons. The molecule has 0 bridgehead atoms. The van der Waals surface area contributed by atoms with E-state index in [1.165, 1.54) is 25.2 Å². The summed E-state index contributed by atoms with van der Waals surface area (Å²) in [6.07, 6.45) is 1.00. The number of carbonyl (C=O) groups excluding carboxylic acids is 2. The molecule has 0 aliphatic carbocycles. The molecule has 2 rings (SSSR count). The van der Waals surface area contributed by atoms with E-state index in [-0.39, 0.29) is 29.8 Å². The lowest BCUT2D eigenvalue weighted by molar-refractivity contribution is -0.139. The van der Waals surface area contributed by atoms with Gasteiger partial charge in [-0.05, 0) is 42.7 Å². The maximum Gasteiger partial charge on any atom is 0.244 e. The summed E-state index contributed by atoms with van der Waals surface area (Å²) in [6, 6.07) is 10.7. The second-order valence-corrected chi connectivity index (χ2v) is 11.1. The van der Waals surface area contributed by atoms with Gasteiger partial charge in [-0.25, -0.2) is 8.42 Å². The van der Waals surface area contributed by atoms with Crippen LogP contribution in [0.1, 0.15) is 26.3 Å². The summed E-state index contributed by atoms with van der Waals surface area (Å²) in [4.78, 5) is 27.9. The first kappa shape index (κ1) is 29.3. The van der Waals surface area contributed by atoms with E-state index in [4.69, 9.17) is 21.1 Å². The van der Waals surface area contributed by atoms with E-state index in [0.29, 0.717) is 17.3 Å². The van der Waals surface area contributed by atoms with Crippen molar-refractivity contribution in [2.45, 2.75) is 33.4 Å². The number of rotatable bonds is 12. The van der Waals surface area contributed by atoms with Crippen LogP contribution in [-0.4, -0.2) is 64.7 Å². The summed E-state index contributed by atoms with van der Waals surface area (Å²) in [5.41, 5.74) is 0.886. The van der Waals surface area contributed by atoms with Crippen LogP contribution in [0.15, 0.2) is 42.5 Å². The zero-order chi connectivity index (χ0) is 27.0. The van der Waals surface area contributed by atoms with Crippen LogP contribution < -0.4 is 19.1 Å². The predicted molar refractivity (Wildman–Crippen MR) is 141 cm³/mol. The molecule has 2 amide bonds. The summed E-state index contributed by atoms with van der Waals surface area (Å²) in [5, 5.41) is 3.37. The molecule has 1 atom stereocenters. The minimum absolute atomic E-state index is 0.0825. The molecule has 0 aromatic heterocycles. The Morgan fingerprint density at radius 3 is 2.19 bits per heavy atom. The van der Waals surface area contributed by atoms with Gasteiger partial charge in [-0.15, -0.1) is 0 Å². The maximum atomic E-state index is 13.6. The molecule has 0 saturated carbocycles. The van der Waals surface area contributed by atoms with Gasteiger partial charge in [-0.2, -0.15) is 0 Å². The Morgan fingerprint density at radius 2 is 1.67 bits per heavy atom. The van der Waals surface area contributed by atoms with Gasteiger partial charge >= 0.3 is 0 Å². The molecule has 0 aliphatic rings. The average Bonchev–Trinajstić information content (AvgIpc) is 2.83. The molecule has 0 unspecified atom stereocenters. The largest absolute Gasteiger partial charge is 0.497 e. The Morgan fingerprint density at radius 1 is 1.03 bits per heavy atom. The minimum atomic E-state index is -3.92. The number of sulfonamides is 1. The van der Waals surface area contributed by atoms with Crippen LogP contribution in [0, 0.1) is 5.92 Å². The average molecular weight is 540 g/mol. The zero-order valence-electron chi connectivity index (χ0n) is 21.4. The number of benzene rings is 2. The van der Waals surface area contributed by atoms with Crippen molar-refractivity contribution < 1.29 is 27.5 Å². The molecule has 1 N–H and O–H groups in total. The fourth-order valence-electron chi connectivity index (χ4n) is 3.41. The first-order chi connectivity index (χ1) is 16.9. The number of halogens is 1. The predicted octanol–water partition coefficient (Wildman–Crippen LogP) is 3.31. The monoisotopic (exact) mass is 539 g/mol. The number of anilines is 1. The lowest BCUT2D eigenvalue weighted by Gasteiger charge is -2.32. The topological polar surface area (TPSA) is 105 Å². The van der Waals surface area contributed by atoms with E-state index < -0.39 is 28.5 Å². The molecular formula is C25H34ClN3O6S. The van der Waals surface area contributed by atoms with Gasteiger partial charge in [0.15, 0.2) is 0 Å². The number of methoxy groups -OCH3 is 2. The molecule has 36 heavy (non-hydrogen) atoms. The molecule has 0 aliphatic heterocycles. The van der Waals surface area contributed by atoms with Crippen molar-refractivity contribution >= 4 is 39.1 Å². The third kappa shape index (κ3) is 8.03. The number of carbonyl (C=O) groups is 2. The smallest absolute Gasteiger partial charge is 0.244 e. The lowest BCUT2D eigenvalue weighted by Crippen LogP contribution is -2.51. The molecule has 9 nitrogen and oxygen atoms in total. The van der Waals surface area contributed by atoms with Gasteiger partial charge in [0.05, 0.1) is 26.2 Å². The van der Waals surface area contributed by atoms with E-state index in [0.717, 1.165) is 16.1 Å². The van der Waals surface area contributed by atoms with Crippen LogP contribution in [0.25, 0.3) is 0 Å². The number of hydrogen-bond donors (Lipinski definition) is 1. The Bertz CT molecular complexity index is 1150. The standard InChI is InChI=1S/C25H34ClN3O6S/c1-17(2)14-27-25(31)18(3)28(15-19-7-9-20(26)10-8-19)24(30)16-29(36(6,32)33)22-13-21(34-4)11-12-23(22)35-5/h7-13,17-18H,14-16H2,1-6H3,(H,27,31)/t18-/m0/s1. The van der Waals surface area contributed by atoms with Crippen LogP contribution in [0.5, 0.6) is 11.5 Å². The molecule has 11 heteroatoms. The molecule has 0 spiro atoms. The summed E-state index contributed by atoms with van der Waals surface area (Å²) < 4.78 is 37.1. The zero-order valence-corrected chi connectivity index (χ0v) is 23.0. The number of nitrogens with zero attached hydrogens (tertiary/aromatic N) is 2. The number of amides is 2. The van der Waals surface area contributed by atoms with Crippen molar-refractivity contribution in [2.24, 2.45) is 5.92 Å². The molecule has 0 fully saturated rings. The number of hydrogen-bond acceptors (Lipinski definition) is 6. The van der Waals surface area contributed by atoms with Crippen molar-refractivity contribution in [1.82, 2.24) is 10.2 Å². The minimum Gasteiger partial charge on any atom is -0.497 e. The van der Waals surface area contributed by atoms with Crippen molar-refractivity contribution in [1.29, 1.82) is 0 Å². The maximum absolute atomic E-state index is 13.6. The molecule has 198 valence electrons. The number of nitrogens with one attached hydrogen (secondary N) is 1. The van der Waals surface area contributed by atoms with Crippen LogP contribution in [-0.2, 0) is 26.2 Å². The summed E-state index contributed by atoms with van der Waals surface area (Å²) in [5.74, 6) is -0.0292. The highest BCUT2D eigenvalue weighted by Gasteiger charge is 2.31. The van der Waals surface area contributed by atoms with Gasteiger partial charge in [0.2, 0.25) is 21.8 Å². The van der Waals surface area contributed by atoms with Crippen molar-refractivity contribution in [3.05, 3.63) is 53.1 Å². The van der Waals surface area contributed by atoms with E-state index in [9.17, 15) is 18.0 Å². The summed E-state index contributed by atoms with van der Waals surface area (Å²) >= 11 is 5.99. The van der Waals surface area contributed by atoms with Gasteiger partial charge in [0.1, 0.15) is 24.1 Å².